The van der Waals surface area contributed by atoms with Gasteiger partial charge in [-0.1, -0.05) is 0 Å². The highest BCUT2D eigenvalue weighted by Crippen LogP contribution is 2.21. The molecule has 1 aromatic rings. The molecule has 0 spiro atoms. The van der Waals surface area contributed by atoms with Crippen LogP contribution in [0.2, 0.25) is 0 Å². The summed E-state index contributed by atoms with van der Waals surface area (Å²) in [6.45, 7) is -1.76. The van der Waals surface area contributed by atoms with Crippen LogP contribution in [0.5, 0.6) is 0 Å². The first-order chi connectivity index (χ1) is 9.72. The van der Waals surface area contributed by atoms with E-state index in [1.54, 1.807) is 5.32 Å². The highest BCUT2D eigenvalue weighted by Gasteiger charge is 2.40. The van der Waals surface area contributed by atoms with E-state index in [-0.39, 0.29) is 17.8 Å². The van der Waals surface area contributed by atoms with Crippen molar-refractivity contribution in [3.05, 3.63) is 29.6 Å². The van der Waals surface area contributed by atoms with Crippen LogP contribution in [0.25, 0.3) is 0 Å². The fraction of sp³-hybridized carbons (Fsp3) is 0.364. The standard InChI is InChI=1S/C11H11F4N3O3/c12-9(13)11(14,15)5-18-10(21)17-4-7-3-6(8(19)20)1-2-16-7/h1-3,9H,4-5H2,(H,19,20)(H2,17,18,21). The molecule has 1 heterocycles. The number of hydrogen-bond donors (Lipinski definition) is 3. The molecule has 0 saturated heterocycles. The lowest BCUT2D eigenvalue weighted by Gasteiger charge is -2.16. The number of carboxylic acid groups (broad SMARTS) is 1. The van der Waals surface area contributed by atoms with Crippen molar-refractivity contribution < 1.29 is 32.3 Å². The Morgan fingerprint density at radius 2 is 2.00 bits per heavy atom. The van der Waals surface area contributed by atoms with Crippen LogP contribution in [-0.4, -0.2) is 41.0 Å². The largest absolute Gasteiger partial charge is 0.478 e. The van der Waals surface area contributed by atoms with Gasteiger partial charge in [0.25, 0.3) is 0 Å². The van der Waals surface area contributed by atoms with Gasteiger partial charge in [-0.05, 0) is 12.1 Å². The van der Waals surface area contributed by atoms with Gasteiger partial charge >= 0.3 is 24.3 Å². The van der Waals surface area contributed by atoms with Crippen molar-refractivity contribution in [2.45, 2.75) is 18.9 Å². The number of hydrogen-bond acceptors (Lipinski definition) is 3. The number of nitrogens with one attached hydrogen (secondary N) is 2. The number of pyridine rings is 1. The Labute approximate surface area is 116 Å². The highest BCUT2D eigenvalue weighted by atomic mass is 19.3. The average molecular weight is 309 g/mol. The first-order valence-electron chi connectivity index (χ1n) is 5.58. The maximum Gasteiger partial charge on any atom is 0.335 e. The molecule has 0 aliphatic carbocycles. The van der Waals surface area contributed by atoms with Crippen molar-refractivity contribution in [3.63, 3.8) is 0 Å². The molecule has 0 bridgehead atoms. The van der Waals surface area contributed by atoms with Crippen molar-refractivity contribution in [2.75, 3.05) is 6.54 Å². The first kappa shape index (κ1) is 16.7. The fourth-order valence-electron chi connectivity index (χ4n) is 1.22. The van der Waals surface area contributed by atoms with Gasteiger partial charge in [0, 0.05) is 6.20 Å². The summed E-state index contributed by atoms with van der Waals surface area (Å²) in [5.74, 6) is -5.52. The number of carboxylic acids is 1. The Balaban J connectivity index is 2.47. The lowest BCUT2D eigenvalue weighted by molar-refractivity contribution is -0.123. The van der Waals surface area contributed by atoms with Crippen molar-refractivity contribution in [1.29, 1.82) is 0 Å². The van der Waals surface area contributed by atoms with E-state index in [2.05, 4.69) is 10.3 Å². The number of halogens is 4. The second kappa shape index (κ2) is 6.86. The molecule has 0 aromatic carbocycles. The van der Waals surface area contributed by atoms with E-state index in [1.807, 2.05) is 0 Å². The molecule has 0 radical (unpaired) electrons. The zero-order valence-corrected chi connectivity index (χ0v) is 10.4. The predicted octanol–water partition coefficient (Wildman–Crippen LogP) is 1.48. The van der Waals surface area contributed by atoms with Gasteiger partial charge in [0.2, 0.25) is 0 Å². The van der Waals surface area contributed by atoms with Crippen molar-refractivity contribution in [3.8, 4) is 0 Å². The molecule has 6 nitrogen and oxygen atoms in total. The number of amides is 2. The predicted molar refractivity (Wildman–Crippen MR) is 62.4 cm³/mol. The van der Waals surface area contributed by atoms with E-state index in [1.165, 1.54) is 18.3 Å². The number of carbonyl (C=O) groups is 2. The van der Waals surface area contributed by atoms with Gasteiger partial charge in [-0.3, -0.25) is 4.98 Å². The zero-order valence-electron chi connectivity index (χ0n) is 10.4. The molecule has 0 fully saturated rings. The number of alkyl halides is 4. The van der Waals surface area contributed by atoms with E-state index in [9.17, 15) is 27.2 Å². The van der Waals surface area contributed by atoms with E-state index in [0.29, 0.717) is 0 Å². The third-order valence-electron chi connectivity index (χ3n) is 2.30. The third-order valence-corrected chi connectivity index (χ3v) is 2.30. The molecule has 21 heavy (non-hydrogen) atoms. The van der Waals surface area contributed by atoms with Crippen LogP contribution in [-0.2, 0) is 6.54 Å². The van der Waals surface area contributed by atoms with Crippen LogP contribution in [0.1, 0.15) is 16.1 Å². The van der Waals surface area contributed by atoms with Crippen LogP contribution < -0.4 is 10.6 Å². The second-order valence-corrected chi connectivity index (χ2v) is 3.94. The summed E-state index contributed by atoms with van der Waals surface area (Å²) in [5, 5.41) is 12.4. The molecule has 0 aliphatic rings. The molecule has 0 saturated carbocycles. The summed E-state index contributed by atoms with van der Waals surface area (Å²) in [7, 11) is 0. The smallest absolute Gasteiger partial charge is 0.335 e. The molecule has 116 valence electrons. The van der Waals surface area contributed by atoms with Crippen molar-refractivity contribution in [2.24, 2.45) is 0 Å². The maximum atomic E-state index is 12.5. The summed E-state index contributed by atoms with van der Waals surface area (Å²) >= 11 is 0. The molecule has 2 amide bonds. The number of aromatic nitrogens is 1. The molecular formula is C11H11F4N3O3. The van der Waals surface area contributed by atoms with Crippen molar-refractivity contribution in [1.82, 2.24) is 15.6 Å². The zero-order chi connectivity index (χ0) is 16.0. The van der Waals surface area contributed by atoms with Gasteiger partial charge in [-0.15, -0.1) is 0 Å². The number of rotatable bonds is 6. The lowest BCUT2D eigenvalue weighted by atomic mass is 10.2. The van der Waals surface area contributed by atoms with Gasteiger partial charge < -0.3 is 15.7 Å². The minimum absolute atomic E-state index is 0.0635. The van der Waals surface area contributed by atoms with Crippen LogP contribution in [0, 0.1) is 0 Å². The van der Waals surface area contributed by atoms with Gasteiger partial charge in [0.05, 0.1) is 24.3 Å². The first-order valence-corrected chi connectivity index (χ1v) is 5.58. The van der Waals surface area contributed by atoms with E-state index in [0.717, 1.165) is 0 Å². The molecule has 1 aromatic heterocycles. The Hall–Kier alpha value is -2.39. The fourth-order valence-corrected chi connectivity index (χ4v) is 1.22. The monoisotopic (exact) mass is 309 g/mol. The van der Waals surface area contributed by atoms with E-state index in [4.69, 9.17) is 5.11 Å². The van der Waals surface area contributed by atoms with E-state index < -0.39 is 30.9 Å². The SMILES string of the molecule is O=C(NCc1cc(C(=O)O)ccn1)NCC(F)(F)C(F)F. The topological polar surface area (TPSA) is 91.3 Å². The highest BCUT2D eigenvalue weighted by molar-refractivity contribution is 5.87. The number of nitrogens with zero attached hydrogens (tertiary/aromatic N) is 1. The number of aromatic carboxylic acids is 1. The lowest BCUT2D eigenvalue weighted by Crippen LogP contribution is -2.45. The summed E-state index contributed by atoms with van der Waals surface area (Å²) in [4.78, 5) is 25.6. The number of carbonyl (C=O) groups excluding carboxylic acids is 1. The van der Waals surface area contributed by atoms with Gasteiger partial charge in [0.15, 0.2) is 0 Å². The molecule has 1 rings (SSSR count). The Bertz CT molecular complexity index is 525. The summed E-state index contributed by atoms with van der Waals surface area (Å²) in [6, 6.07) is 1.31. The molecule has 0 unspecified atom stereocenters. The second-order valence-electron chi connectivity index (χ2n) is 3.94. The molecular weight excluding hydrogens is 298 g/mol. The van der Waals surface area contributed by atoms with Crippen LogP contribution >= 0.6 is 0 Å². The average Bonchev–Trinajstić information content (AvgIpc) is 2.43. The summed E-state index contributed by atoms with van der Waals surface area (Å²) in [6.07, 6.45) is -2.68. The Morgan fingerprint density at radius 1 is 1.33 bits per heavy atom. The van der Waals surface area contributed by atoms with Crippen molar-refractivity contribution >= 4 is 12.0 Å². The van der Waals surface area contributed by atoms with E-state index >= 15 is 0 Å². The Kier molecular flexibility index (Phi) is 5.44. The minimum Gasteiger partial charge on any atom is -0.478 e. The molecule has 3 N–H and O–H groups in total. The minimum atomic E-state index is -4.32. The van der Waals surface area contributed by atoms with Gasteiger partial charge in [0.1, 0.15) is 0 Å². The maximum absolute atomic E-state index is 12.5. The molecule has 0 atom stereocenters. The Morgan fingerprint density at radius 3 is 2.57 bits per heavy atom. The number of urea groups is 1. The molecule has 10 heteroatoms. The van der Waals surface area contributed by atoms with Crippen LogP contribution in [0.4, 0.5) is 22.4 Å². The van der Waals surface area contributed by atoms with Gasteiger partial charge in [-0.2, -0.15) is 8.78 Å². The molecule has 0 aliphatic heterocycles. The van der Waals surface area contributed by atoms with Gasteiger partial charge in [-0.25, -0.2) is 18.4 Å². The normalized spacial score (nSPS) is 11.3. The van der Waals surface area contributed by atoms with Crippen LogP contribution in [0.15, 0.2) is 18.3 Å². The van der Waals surface area contributed by atoms with Crippen LogP contribution in [0.3, 0.4) is 0 Å². The summed E-state index contributed by atoms with van der Waals surface area (Å²) in [5.41, 5.74) is 0.108. The third kappa shape index (κ3) is 5.24. The summed E-state index contributed by atoms with van der Waals surface area (Å²) < 4.78 is 48.8. The quantitative estimate of drug-likeness (QED) is 0.694.